The summed E-state index contributed by atoms with van der Waals surface area (Å²) in [7, 11) is -1.91. The molecule has 0 fully saturated rings. The molecule has 0 heterocycles. The first-order valence-electron chi connectivity index (χ1n) is 11.8. The van der Waals surface area contributed by atoms with Crippen LogP contribution in [0.2, 0.25) is 0 Å². The lowest BCUT2D eigenvalue weighted by atomic mass is 9.87. The van der Waals surface area contributed by atoms with E-state index in [1.165, 1.54) is 7.05 Å². The highest BCUT2D eigenvalue weighted by Gasteiger charge is 2.17. The number of sulfonamides is 1. The van der Waals surface area contributed by atoms with Gasteiger partial charge < -0.3 is 15.4 Å². The molecule has 0 aliphatic carbocycles. The monoisotopic (exact) mass is 523 g/mol. The molecular weight excluding hydrogens is 490 g/mol. The summed E-state index contributed by atoms with van der Waals surface area (Å²) >= 11 is 0. The fourth-order valence-electron chi connectivity index (χ4n) is 3.43. The Morgan fingerprint density at radius 2 is 1.46 bits per heavy atom. The fourth-order valence-corrected chi connectivity index (χ4v) is 3.93. The van der Waals surface area contributed by atoms with E-state index in [4.69, 9.17) is 4.74 Å². The zero-order valence-electron chi connectivity index (χ0n) is 21.9. The lowest BCUT2D eigenvalue weighted by Crippen LogP contribution is -2.30. The van der Waals surface area contributed by atoms with Gasteiger partial charge in [0.1, 0.15) is 5.75 Å². The van der Waals surface area contributed by atoms with Gasteiger partial charge >= 0.3 is 0 Å². The van der Waals surface area contributed by atoms with Crippen LogP contribution in [0, 0.1) is 0 Å². The van der Waals surface area contributed by atoms with Crippen LogP contribution in [0.15, 0.2) is 72.8 Å². The van der Waals surface area contributed by atoms with Gasteiger partial charge in [-0.3, -0.25) is 13.9 Å². The first-order chi connectivity index (χ1) is 17.2. The van der Waals surface area contributed by atoms with Crippen molar-refractivity contribution in [3.8, 4) is 5.75 Å². The number of ether oxygens (including phenoxy) is 1. The van der Waals surface area contributed by atoms with Crippen LogP contribution in [0.4, 0.5) is 17.1 Å². The summed E-state index contributed by atoms with van der Waals surface area (Å²) in [6, 6.07) is 20.8. The van der Waals surface area contributed by atoms with E-state index in [0.29, 0.717) is 28.4 Å². The van der Waals surface area contributed by atoms with Gasteiger partial charge in [-0.1, -0.05) is 39.0 Å². The smallest absolute Gasteiger partial charge is 0.265 e. The number of hydrogen-bond donors (Lipinski definition) is 2. The van der Waals surface area contributed by atoms with Gasteiger partial charge in [-0.2, -0.15) is 0 Å². The van der Waals surface area contributed by atoms with Crippen molar-refractivity contribution in [2.24, 2.45) is 0 Å². The van der Waals surface area contributed by atoms with Crippen molar-refractivity contribution < 1.29 is 22.7 Å². The fraction of sp³-hybridized carbons (Fsp3) is 0.286. The molecule has 0 radical (unpaired) electrons. The molecule has 0 aliphatic rings. The molecule has 3 aromatic carbocycles. The van der Waals surface area contributed by atoms with Gasteiger partial charge in [-0.15, -0.1) is 0 Å². The van der Waals surface area contributed by atoms with Gasteiger partial charge in [-0.25, -0.2) is 8.42 Å². The lowest BCUT2D eigenvalue weighted by molar-refractivity contribution is -0.122. The minimum Gasteiger partial charge on any atom is -0.481 e. The maximum Gasteiger partial charge on any atom is 0.265 e. The van der Waals surface area contributed by atoms with Gasteiger partial charge in [0, 0.05) is 24.0 Å². The second-order valence-electron chi connectivity index (χ2n) is 9.84. The van der Waals surface area contributed by atoms with E-state index in [2.05, 4.69) is 31.4 Å². The Kier molecular flexibility index (Phi) is 8.28. The second kappa shape index (κ2) is 11.0. The van der Waals surface area contributed by atoms with E-state index in [1.807, 2.05) is 12.1 Å². The highest BCUT2D eigenvalue weighted by Crippen LogP contribution is 2.24. The molecule has 9 heteroatoms. The van der Waals surface area contributed by atoms with E-state index in [1.54, 1.807) is 67.6 Å². The summed E-state index contributed by atoms with van der Waals surface area (Å²) in [6.07, 6.45) is 0.298. The Bertz CT molecular complexity index is 1360. The van der Waals surface area contributed by atoms with Gasteiger partial charge in [-0.05, 0) is 72.5 Å². The van der Waals surface area contributed by atoms with Crippen molar-refractivity contribution in [3.63, 3.8) is 0 Å². The number of anilines is 3. The third-order valence-corrected chi connectivity index (χ3v) is 6.99. The standard InChI is InChI=1S/C28H33N3O5S/c1-19(36-25-16-14-24(15-17-25)31(5)37(6,34)35)26(32)29-22-8-7-9-23(18-22)30-27(33)20-10-12-21(13-11-20)28(2,3)4/h7-19H,1-6H3,(H,29,32)(H,30,33)/t19-/m0/s1. The molecule has 0 bridgehead atoms. The van der Waals surface area contributed by atoms with Crippen molar-refractivity contribution in [2.45, 2.75) is 39.2 Å². The molecule has 0 saturated heterocycles. The predicted octanol–water partition coefficient (Wildman–Crippen LogP) is 5.04. The van der Waals surface area contributed by atoms with Crippen LogP contribution in [0.3, 0.4) is 0 Å². The van der Waals surface area contributed by atoms with Crippen LogP contribution in [-0.2, 0) is 20.2 Å². The van der Waals surface area contributed by atoms with Gasteiger partial charge in [0.2, 0.25) is 10.0 Å². The van der Waals surface area contributed by atoms with Crippen molar-refractivity contribution in [2.75, 3.05) is 28.2 Å². The molecular formula is C28H33N3O5S. The molecule has 0 aliphatic heterocycles. The van der Waals surface area contributed by atoms with Crippen LogP contribution in [-0.4, -0.2) is 39.6 Å². The van der Waals surface area contributed by atoms with Crippen molar-refractivity contribution in [3.05, 3.63) is 83.9 Å². The molecule has 0 saturated carbocycles. The maximum absolute atomic E-state index is 12.7. The number of nitrogens with zero attached hydrogens (tertiary/aromatic N) is 1. The van der Waals surface area contributed by atoms with Crippen molar-refractivity contribution >= 4 is 38.9 Å². The number of carbonyl (C=O) groups excluding carboxylic acids is 2. The molecule has 196 valence electrons. The van der Waals surface area contributed by atoms with E-state index < -0.39 is 16.1 Å². The summed E-state index contributed by atoms with van der Waals surface area (Å²) in [6.45, 7) is 7.96. The van der Waals surface area contributed by atoms with Crippen LogP contribution in [0.1, 0.15) is 43.6 Å². The van der Waals surface area contributed by atoms with Crippen LogP contribution in [0.5, 0.6) is 5.75 Å². The van der Waals surface area contributed by atoms with E-state index in [0.717, 1.165) is 16.1 Å². The number of amides is 2. The Morgan fingerprint density at radius 3 is 2.00 bits per heavy atom. The average Bonchev–Trinajstić information content (AvgIpc) is 2.83. The third kappa shape index (κ3) is 7.57. The van der Waals surface area contributed by atoms with Crippen LogP contribution >= 0.6 is 0 Å². The Hall–Kier alpha value is -3.85. The van der Waals surface area contributed by atoms with Crippen LogP contribution < -0.4 is 19.7 Å². The van der Waals surface area contributed by atoms with Gasteiger partial charge in [0.25, 0.3) is 11.8 Å². The summed E-state index contributed by atoms with van der Waals surface area (Å²) in [5.74, 6) is -0.198. The second-order valence-corrected chi connectivity index (χ2v) is 11.8. The molecule has 1 atom stereocenters. The largest absolute Gasteiger partial charge is 0.481 e. The number of nitrogens with one attached hydrogen (secondary N) is 2. The predicted molar refractivity (Wildman–Crippen MR) is 148 cm³/mol. The van der Waals surface area contributed by atoms with E-state index in [-0.39, 0.29) is 17.2 Å². The quantitative estimate of drug-likeness (QED) is 0.431. The first kappa shape index (κ1) is 27.7. The molecule has 0 aromatic heterocycles. The normalized spacial score (nSPS) is 12.4. The number of rotatable bonds is 8. The minimum atomic E-state index is -3.37. The number of benzene rings is 3. The molecule has 3 aromatic rings. The first-order valence-corrected chi connectivity index (χ1v) is 13.6. The molecule has 37 heavy (non-hydrogen) atoms. The Balaban J connectivity index is 1.60. The minimum absolute atomic E-state index is 0.000793. The van der Waals surface area contributed by atoms with Crippen molar-refractivity contribution in [1.82, 2.24) is 0 Å². The number of carbonyl (C=O) groups is 2. The Morgan fingerprint density at radius 1 is 0.892 bits per heavy atom. The lowest BCUT2D eigenvalue weighted by Gasteiger charge is -2.19. The highest BCUT2D eigenvalue weighted by atomic mass is 32.2. The topological polar surface area (TPSA) is 105 Å². The maximum atomic E-state index is 12.7. The van der Waals surface area contributed by atoms with Gasteiger partial charge in [0.15, 0.2) is 6.10 Å². The summed E-state index contributed by atoms with van der Waals surface area (Å²) in [5, 5.41) is 5.64. The SMILES string of the molecule is C[C@H](Oc1ccc(N(C)S(C)(=O)=O)cc1)C(=O)Nc1cccc(NC(=O)c2ccc(C(C)(C)C)cc2)c1. The van der Waals surface area contributed by atoms with Crippen molar-refractivity contribution in [1.29, 1.82) is 0 Å². The summed E-state index contributed by atoms with van der Waals surface area (Å²) < 4.78 is 30.2. The zero-order chi connectivity index (χ0) is 27.4. The molecule has 8 nitrogen and oxygen atoms in total. The summed E-state index contributed by atoms with van der Waals surface area (Å²) in [5.41, 5.74) is 3.21. The molecule has 0 spiro atoms. The zero-order valence-corrected chi connectivity index (χ0v) is 22.7. The van der Waals surface area contributed by atoms with Gasteiger partial charge in [0.05, 0.1) is 11.9 Å². The van der Waals surface area contributed by atoms with E-state index >= 15 is 0 Å². The molecule has 0 unspecified atom stereocenters. The Labute approximate surface area is 218 Å². The van der Waals surface area contributed by atoms with E-state index in [9.17, 15) is 18.0 Å². The molecule has 2 amide bonds. The molecule has 3 rings (SSSR count). The highest BCUT2D eigenvalue weighted by molar-refractivity contribution is 7.92. The summed E-state index contributed by atoms with van der Waals surface area (Å²) in [4.78, 5) is 25.4. The third-order valence-electron chi connectivity index (χ3n) is 5.78. The molecule has 2 N–H and O–H groups in total. The number of hydrogen-bond acceptors (Lipinski definition) is 5. The van der Waals surface area contributed by atoms with Crippen LogP contribution in [0.25, 0.3) is 0 Å². The average molecular weight is 524 g/mol.